The van der Waals surface area contributed by atoms with Gasteiger partial charge in [0.05, 0.1) is 23.1 Å². The summed E-state index contributed by atoms with van der Waals surface area (Å²) in [6, 6.07) is 19.9. The molecule has 6 aromatic rings. The largest absolute Gasteiger partial charge is 0.545 e. The van der Waals surface area contributed by atoms with Gasteiger partial charge in [0.15, 0.2) is 0 Å². The molecule has 0 aliphatic heterocycles. The van der Waals surface area contributed by atoms with Crippen LogP contribution in [0.3, 0.4) is 0 Å². The predicted octanol–water partition coefficient (Wildman–Crippen LogP) is 3.01. The molecule has 4 heterocycles. The van der Waals surface area contributed by atoms with Crippen LogP contribution in [-0.4, -0.2) is 66.2 Å². The number of aliphatic hydroxyl groups excluding tert-OH is 1. The van der Waals surface area contributed by atoms with Gasteiger partial charge in [0.25, 0.3) is 0 Å². The van der Waals surface area contributed by atoms with Crippen LogP contribution in [-0.2, 0) is 36.6 Å². The van der Waals surface area contributed by atoms with Crippen LogP contribution in [0.15, 0.2) is 79.3 Å². The van der Waals surface area contributed by atoms with E-state index in [0.29, 0.717) is 5.82 Å². The molecule has 0 fully saturated rings. The summed E-state index contributed by atoms with van der Waals surface area (Å²) in [7, 11) is 1.00. The first-order valence-corrected chi connectivity index (χ1v) is 11.5. The first kappa shape index (κ1) is 33.5. The summed E-state index contributed by atoms with van der Waals surface area (Å²) in [6.07, 6.45) is 6.59. The van der Waals surface area contributed by atoms with E-state index in [2.05, 4.69) is 85.7 Å². The van der Waals surface area contributed by atoms with Crippen LogP contribution in [0.2, 0.25) is 0 Å². The second-order valence-electron chi connectivity index (χ2n) is 7.36. The summed E-state index contributed by atoms with van der Waals surface area (Å²) < 4.78 is 1.84. The molecule has 1 radical (unpaired) electrons. The molecule has 1 N–H and O–H groups in total. The zero-order chi connectivity index (χ0) is 28.5. The number of carbonyl (C=O) groups excluding carboxylic acids is 2. The normalized spacial score (nSPS) is 9.28. The molecule has 0 saturated heterocycles. The predicted molar refractivity (Wildman–Crippen MR) is 147 cm³/mol. The Kier molecular flexibility index (Phi) is 15.6. The number of rotatable bonds is 4. The van der Waals surface area contributed by atoms with Gasteiger partial charge in [-0.2, -0.15) is 0 Å². The Hall–Kier alpha value is -4.57. The number of hydrogen-bond donors (Lipinski definition) is 1. The Balaban J connectivity index is 0.000000339. The molecule has 0 amide bonds. The first-order chi connectivity index (χ1) is 19.3. The summed E-state index contributed by atoms with van der Waals surface area (Å²) in [5.74, 6) is 0.529. The molecule has 0 unspecified atom stereocenters. The monoisotopic (exact) mass is 711 g/mol. The number of aromatic nitrogens is 9. The molecule has 40 heavy (non-hydrogen) atoms. The Morgan fingerprint density at radius 2 is 1.35 bits per heavy atom. The SMILES string of the molecule is CCCn1cc(-c2ccc(-c3nn[n-]n3)cc2)nn1.CO.[CH-]=O.[CH-]=O.[Re].c1cnc2c(c1)ccc1cccnc12. The molecule has 13 heteroatoms. The van der Waals surface area contributed by atoms with Gasteiger partial charge in [-0.3, -0.25) is 38.7 Å². The Morgan fingerprint density at radius 1 is 0.800 bits per heavy atom. The average molecular weight is 711 g/mol. The topological polar surface area (TPSA) is 164 Å². The van der Waals surface area contributed by atoms with Crippen molar-refractivity contribution < 1.29 is 35.1 Å². The van der Waals surface area contributed by atoms with Crippen molar-refractivity contribution in [2.24, 2.45) is 0 Å². The number of benzene rings is 2. The van der Waals surface area contributed by atoms with Crippen LogP contribution < -0.4 is 5.21 Å². The molecule has 4 aromatic heterocycles. The summed E-state index contributed by atoms with van der Waals surface area (Å²) >= 11 is 0. The smallest absolute Gasteiger partial charge is 0.113 e. The molecule has 0 spiro atoms. The summed E-state index contributed by atoms with van der Waals surface area (Å²) in [5, 5.41) is 32.1. The van der Waals surface area contributed by atoms with Crippen molar-refractivity contribution in [1.82, 2.24) is 45.6 Å². The van der Waals surface area contributed by atoms with E-state index < -0.39 is 0 Å². The third kappa shape index (κ3) is 8.74. The van der Waals surface area contributed by atoms with Gasteiger partial charge >= 0.3 is 0 Å². The van der Waals surface area contributed by atoms with Gasteiger partial charge in [-0.15, -0.1) is 5.10 Å². The third-order valence-electron chi connectivity index (χ3n) is 5.09. The summed E-state index contributed by atoms with van der Waals surface area (Å²) in [6.45, 7) is 9.49. The van der Waals surface area contributed by atoms with Gasteiger partial charge in [0.2, 0.25) is 0 Å². The van der Waals surface area contributed by atoms with Crippen molar-refractivity contribution in [3.8, 4) is 22.6 Å². The molecular weight excluding hydrogens is 685 g/mol. The molecule has 12 nitrogen and oxygen atoms in total. The number of fused-ring (bicyclic) bond motifs is 3. The fourth-order valence-electron chi connectivity index (χ4n) is 3.50. The molecule has 0 atom stereocenters. The Morgan fingerprint density at radius 3 is 1.85 bits per heavy atom. The average Bonchev–Trinajstić information content (AvgIpc) is 3.74. The maximum Gasteiger partial charge on any atom is 0.113 e. The van der Waals surface area contributed by atoms with Crippen LogP contribution in [0, 0.1) is 0 Å². The van der Waals surface area contributed by atoms with E-state index in [1.54, 1.807) is 12.4 Å². The molecule has 2 aromatic carbocycles. The number of aliphatic hydroxyl groups is 1. The van der Waals surface area contributed by atoms with Crippen molar-refractivity contribution in [3.63, 3.8) is 0 Å². The fourth-order valence-corrected chi connectivity index (χ4v) is 3.50. The van der Waals surface area contributed by atoms with Crippen LogP contribution in [0.5, 0.6) is 0 Å². The van der Waals surface area contributed by atoms with Crippen LogP contribution in [0.25, 0.3) is 44.5 Å². The molecule has 0 aliphatic carbocycles. The van der Waals surface area contributed by atoms with Crippen LogP contribution in [0.1, 0.15) is 13.3 Å². The fraction of sp³-hybridized carbons (Fsp3) is 0.148. The molecule has 207 valence electrons. The molecule has 0 saturated carbocycles. The van der Waals surface area contributed by atoms with E-state index in [-0.39, 0.29) is 20.4 Å². The standard InChI is InChI=1S/C12H12N7.C12H8N2.CH4O.2CHO.Re/c1-2-7-19-8-11(13-18-19)9-3-5-10(6-4-9)12-14-16-17-15-12;1-3-9-5-6-10-4-2-8-14-12(10)11(9)13-7-1;3*1-2;/h3-6,8H,2,7H2,1H3;1-8H;2H,1H3;2*1H;/q-1;;;2*-1;. The Labute approximate surface area is 244 Å². The van der Waals surface area contributed by atoms with E-state index in [4.69, 9.17) is 14.7 Å². The molecular formula is C27H26N9O3Re-3. The number of aryl methyl sites for hydroxylation is 1. The van der Waals surface area contributed by atoms with E-state index in [0.717, 1.165) is 58.7 Å². The van der Waals surface area contributed by atoms with Gasteiger partial charge in [-0.1, -0.05) is 60.7 Å². The van der Waals surface area contributed by atoms with Gasteiger partial charge in [-0.05, 0) is 24.1 Å². The molecule has 0 bridgehead atoms. The van der Waals surface area contributed by atoms with Gasteiger partial charge in [-0.25, -0.2) is 5.10 Å². The van der Waals surface area contributed by atoms with E-state index >= 15 is 0 Å². The zero-order valence-corrected chi connectivity index (χ0v) is 24.5. The van der Waals surface area contributed by atoms with Gasteiger partial charge in [0.1, 0.15) is 5.69 Å². The van der Waals surface area contributed by atoms with Crippen molar-refractivity contribution in [3.05, 3.63) is 79.3 Å². The van der Waals surface area contributed by atoms with E-state index in [9.17, 15) is 0 Å². The minimum Gasteiger partial charge on any atom is -0.545 e. The maximum atomic E-state index is 7.75. The number of hydrogen-bond acceptors (Lipinski definition) is 10. The van der Waals surface area contributed by atoms with Crippen molar-refractivity contribution in [1.29, 1.82) is 0 Å². The van der Waals surface area contributed by atoms with E-state index in [1.807, 2.05) is 47.3 Å². The molecule has 6 rings (SSSR count). The second-order valence-corrected chi connectivity index (χ2v) is 7.36. The number of tetrazole rings is 1. The minimum absolute atomic E-state index is 0. The second kappa shape index (κ2) is 18.6. The quantitative estimate of drug-likeness (QED) is 0.163. The first-order valence-electron chi connectivity index (χ1n) is 11.5. The van der Waals surface area contributed by atoms with Gasteiger partial charge < -0.3 is 19.8 Å². The van der Waals surface area contributed by atoms with Crippen LogP contribution in [0.4, 0.5) is 0 Å². The van der Waals surface area contributed by atoms with Crippen molar-refractivity contribution >= 4 is 35.4 Å². The maximum absolute atomic E-state index is 7.75. The van der Waals surface area contributed by atoms with E-state index in [1.165, 1.54) is 0 Å². The number of nitrogens with zero attached hydrogens (tertiary/aromatic N) is 9. The van der Waals surface area contributed by atoms with Crippen molar-refractivity contribution in [2.75, 3.05) is 7.11 Å². The van der Waals surface area contributed by atoms with Gasteiger partial charge in [0, 0.05) is 62.8 Å². The Bertz CT molecular complexity index is 1470. The summed E-state index contributed by atoms with van der Waals surface area (Å²) in [4.78, 5) is 24.2. The van der Waals surface area contributed by atoms with Crippen molar-refractivity contribution in [2.45, 2.75) is 19.9 Å². The number of pyridine rings is 2. The van der Waals surface area contributed by atoms with Crippen LogP contribution >= 0.6 is 0 Å². The molecule has 0 aliphatic rings. The zero-order valence-electron chi connectivity index (χ0n) is 21.7. The summed E-state index contributed by atoms with van der Waals surface area (Å²) in [5.41, 5.74) is 4.71. The third-order valence-corrected chi connectivity index (χ3v) is 5.09. The minimum atomic E-state index is 0.